The van der Waals surface area contributed by atoms with Crippen molar-refractivity contribution in [3.05, 3.63) is 83.7 Å². The van der Waals surface area contributed by atoms with Gasteiger partial charge in [-0.2, -0.15) is 13.2 Å². The van der Waals surface area contributed by atoms with Gasteiger partial charge in [-0.1, -0.05) is 18.2 Å². The standard InChI is InChI=1S/C23H18F4N2O4/c1-32-15-5-4-6-16(12-15)33-13-21(30)29-20-10-9-14(11-18(20)23(25,26)27)28-22(31)17-7-2-3-8-19(17)24/h2-12H,13H2,1H3,(H,28,31)(H,29,30). The SMILES string of the molecule is COc1cccc(OCC(=O)Nc2ccc(NC(=O)c3ccccc3F)cc2C(F)(F)F)c1. The quantitative estimate of drug-likeness (QED) is 0.478. The number of anilines is 2. The summed E-state index contributed by atoms with van der Waals surface area (Å²) in [6, 6.07) is 14.2. The molecular formula is C23H18F4N2O4. The number of methoxy groups -OCH3 is 1. The Balaban J connectivity index is 1.73. The normalized spacial score (nSPS) is 10.9. The van der Waals surface area contributed by atoms with E-state index in [0.29, 0.717) is 17.6 Å². The Hall–Kier alpha value is -4.08. The molecule has 0 aliphatic heterocycles. The van der Waals surface area contributed by atoms with Crippen LogP contribution in [-0.4, -0.2) is 25.5 Å². The Bertz CT molecular complexity index is 1170. The molecule has 0 aliphatic carbocycles. The highest BCUT2D eigenvalue weighted by atomic mass is 19.4. The molecule has 172 valence electrons. The Labute approximate surface area is 186 Å². The molecule has 0 fully saturated rings. The van der Waals surface area contributed by atoms with E-state index in [1.807, 2.05) is 0 Å². The first-order valence-electron chi connectivity index (χ1n) is 9.51. The highest BCUT2D eigenvalue weighted by molar-refractivity contribution is 6.04. The van der Waals surface area contributed by atoms with Crippen molar-refractivity contribution in [2.75, 3.05) is 24.4 Å². The number of amides is 2. The highest BCUT2D eigenvalue weighted by Gasteiger charge is 2.34. The molecule has 2 N–H and O–H groups in total. The van der Waals surface area contributed by atoms with E-state index in [0.717, 1.165) is 18.2 Å². The van der Waals surface area contributed by atoms with Crippen LogP contribution in [0.25, 0.3) is 0 Å². The van der Waals surface area contributed by atoms with Crippen LogP contribution in [0.3, 0.4) is 0 Å². The summed E-state index contributed by atoms with van der Waals surface area (Å²) >= 11 is 0. The van der Waals surface area contributed by atoms with E-state index in [9.17, 15) is 27.2 Å². The zero-order valence-corrected chi connectivity index (χ0v) is 17.2. The number of carbonyl (C=O) groups excluding carboxylic acids is 2. The molecule has 0 unspecified atom stereocenters. The van der Waals surface area contributed by atoms with Crippen LogP contribution in [0, 0.1) is 5.82 Å². The monoisotopic (exact) mass is 462 g/mol. The lowest BCUT2D eigenvalue weighted by Crippen LogP contribution is -2.22. The lowest BCUT2D eigenvalue weighted by molar-refractivity contribution is -0.137. The molecule has 0 aromatic heterocycles. The van der Waals surface area contributed by atoms with Gasteiger partial charge in [0.2, 0.25) is 0 Å². The first-order chi connectivity index (χ1) is 15.7. The fourth-order valence-corrected chi connectivity index (χ4v) is 2.84. The van der Waals surface area contributed by atoms with E-state index in [-0.39, 0.29) is 11.3 Å². The molecule has 10 heteroatoms. The van der Waals surface area contributed by atoms with Crippen molar-refractivity contribution in [2.45, 2.75) is 6.18 Å². The summed E-state index contributed by atoms with van der Waals surface area (Å²) in [4.78, 5) is 24.4. The van der Waals surface area contributed by atoms with Crippen molar-refractivity contribution in [2.24, 2.45) is 0 Å². The van der Waals surface area contributed by atoms with Gasteiger partial charge in [0.15, 0.2) is 6.61 Å². The molecule has 0 spiro atoms. The summed E-state index contributed by atoms with van der Waals surface area (Å²) in [7, 11) is 1.45. The van der Waals surface area contributed by atoms with Crippen LogP contribution < -0.4 is 20.1 Å². The highest BCUT2D eigenvalue weighted by Crippen LogP contribution is 2.36. The van der Waals surface area contributed by atoms with Gasteiger partial charge in [-0.3, -0.25) is 9.59 Å². The van der Waals surface area contributed by atoms with Crippen LogP contribution in [0.15, 0.2) is 66.7 Å². The topological polar surface area (TPSA) is 76.7 Å². The molecule has 0 bridgehead atoms. The van der Waals surface area contributed by atoms with Gasteiger partial charge in [-0.25, -0.2) is 4.39 Å². The Kier molecular flexibility index (Phi) is 7.17. The number of halogens is 4. The molecule has 0 saturated carbocycles. The minimum absolute atomic E-state index is 0.221. The number of benzene rings is 3. The van der Waals surface area contributed by atoms with Crippen LogP contribution in [0.1, 0.15) is 15.9 Å². The first-order valence-corrected chi connectivity index (χ1v) is 9.51. The number of rotatable bonds is 7. The number of ether oxygens (including phenoxy) is 2. The van der Waals surface area contributed by atoms with Gasteiger partial charge in [-0.05, 0) is 42.5 Å². The number of carbonyl (C=O) groups is 2. The summed E-state index contributed by atoms with van der Waals surface area (Å²) in [5.74, 6) is -1.77. The average Bonchev–Trinajstić information content (AvgIpc) is 2.78. The van der Waals surface area contributed by atoms with Gasteiger partial charge in [-0.15, -0.1) is 0 Å². The number of hydrogen-bond donors (Lipinski definition) is 2. The van der Waals surface area contributed by atoms with E-state index in [4.69, 9.17) is 9.47 Å². The number of alkyl halides is 3. The second-order valence-electron chi connectivity index (χ2n) is 6.71. The molecular weight excluding hydrogens is 444 g/mol. The molecule has 0 saturated heterocycles. The fraction of sp³-hybridized carbons (Fsp3) is 0.130. The van der Waals surface area contributed by atoms with Gasteiger partial charge in [0.05, 0.1) is 23.9 Å². The Morgan fingerprint density at radius 1 is 0.909 bits per heavy atom. The van der Waals surface area contributed by atoms with Gasteiger partial charge in [0, 0.05) is 11.8 Å². The predicted octanol–water partition coefficient (Wildman–Crippen LogP) is 5.12. The van der Waals surface area contributed by atoms with Gasteiger partial charge >= 0.3 is 6.18 Å². The van der Waals surface area contributed by atoms with Gasteiger partial charge < -0.3 is 20.1 Å². The molecule has 0 atom stereocenters. The van der Waals surface area contributed by atoms with Crippen molar-refractivity contribution in [1.29, 1.82) is 0 Å². The summed E-state index contributed by atoms with van der Waals surface area (Å²) in [5.41, 5.74) is -2.26. The first kappa shape index (κ1) is 23.6. The molecule has 3 rings (SSSR count). The lowest BCUT2D eigenvalue weighted by Gasteiger charge is -2.16. The Morgan fingerprint density at radius 2 is 1.64 bits per heavy atom. The van der Waals surface area contributed by atoms with Crippen LogP contribution in [0.2, 0.25) is 0 Å². The maximum absolute atomic E-state index is 13.7. The zero-order chi connectivity index (χ0) is 24.0. The second-order valence-corrected chi connectivity index (χ2v) is 6.71. The summed E-state index contributed by atoms with van der Waals surface area (Å²) < 4.78 is 64.8. The van der Waals surface area contributed by atoms with Gasteiger partial charge in [0.1, 0.15) is 17.3 Å². The van der Waals surface area contributed by atoms with E-state index < -0.39 is 41.7 Å². The molecule has 3 aromatic rings. The second kappa shape index (κ2) is 10.0. The number of nitrogens with one attached hydrogen (secondary N) is 2. The minimum Gasteiger partial charge on any atom is -0.497 e. The molecule has 3 aromatic carbocycles. The van der Waals surface area contributed by atoms with Crippen LogP contribution in [-0.2, 0) is 11.0 Å². The minimum atomic E-state index is -4.84. The summed E-state index contributed by atoms with van der Waals surface area (Å²) in [6.07, 6.45) is -4.84. The third-order valence-electron chi connectivity index (χ3n) is 4.39. The third-order valence-corrected chi connectivity index (χ3v) is 4.39. The van der Waals surface area contributed by atoms with E-state index >= 15 is 0 Å². The Morgan fingerprint density at radius 3 is 2.33 bits per heavy atom. The van der Waals surface area contributed by atoms with Crippen molar-refractivity contribution >= 4 is 23.2 Å². The zero-order valence-electron chi connectivity index (χ0n) is 17.2. The van der Waals surface area contributed by atoms with Crippen molar-refractivity contribution in [3.8, 4) is 11.5 Å². The molecule has 0 heterocycles. The average molecular weight is 462 g/mol. The van der Waals surface area contributed by atoms with Crippen LogP contribution >= 0.6 is 0 Å². The third kappa shape index (κ3) is 6.22. The van der Waals surface area contributed by atoms with Crippen molar-refractivity contribution in [1.82, 2.24) is 0 Å². The van der Waals surface area contributed by atoms with Crippen LogP contribution in [0.5, 0.6) is 11.5 Å². The molecule has 6 nitrogen and oxygen atoms in total. The fourth-order valence-electron chi connectivity index (χ4n) is 2.84. The maximum atomic E-state index is 13.7. The maximum Gasteiger partial charge on any atom is 0.418 e. The van der Waals surface area contributed by atoms with Crippen molar-refractivity contribution in [3.63, 3.8) is 0 Å². The van der Waals surface area contributed by atoms with E-state index in [1.165, 1.54) is 31.4 Å². The smallest absolute Gasteiger partial charge is 0.418 e. The van der Waals surface area contributed by atoms with E-state index in [2.05, 4.69) is 10.6 Å². The molecule has 0 aliphatic rings. The lowest BCUT2D eigenvalue weighted by atomic mass is 10.1. The molecule has 2 amide bonds. The van der Waals surface area contributed by atoms with Crippen LogP contribution in [0.4, 0.5) is 28.9 Å². The molecule has 0 radical (unpaired) electrons. The van der Waals surface area contributed by atoms with Crippen molar-refractivity contribution < 1.29 is 36.6 Å². The summed E-state index contributed by atoms with van der Waals surface area (Å²) in [5, 5.41) is 4.37. The number of hydrogen-bond acceptors (Lipinski definition) is 4. The molecule has 33 heavy (non-hydrogen) atoms. The predicted molar refractivity (Wildman–Crippen MR) is 113 cm³/mol. The summed E-state index contributed by atoms with van der Waals surface area (Å²) in [6.45, 7) is -0.545. The van der Waals surface area contributed by atoms with E-state index in [1.54, 1.807) is 18.2 Å². The van der Waals surface area contributed by atoms with Gasteiger partial charge in [0.25, 0.3) is 11.8 Å². The largest absolute Gasteiger partial charge is 0.497 e.